The molecule has 0 fully saturated rings. The van der Waals surface area contributed by atoms with Crippen LogP contribution in [-0.4, -0.2) is 24.7 Å². The Kier molecular flexibility index (Phi) is 5.24. The molecule has 1 unspecified atom stereocenters. The summed E-state index contributed by atoms with van der Waals surface area (Å²) < 4.78 is 41.9. The minimum Gasteiger partial charge on any atom is -0.491 e. The Morgan fingerprint density at radius 1 is 1.45 bits per heavy atom. The summed E-state index contributed by atoms with van der Waals surface area (Å²) in [5, 5.41) is 2.28. The SMILES string of the molecule is CCOc1c(N)cccc1C(=O)NC(C)CC(F)(F)F. The molecule has 0 saturated carbocycles. The Labute approximate surface area is 115 Å². The number of nitrogens with one attached hydrogen (secondary N) is 1. The molecule has 0 heterocycles. The summed E-state index contributed by atoms with van der Waals surface area (Å²) >= 11 is 0. The third kappa shape index (κ3) is 4.64. The molecule has 0 radical (unpaired) electrons. The topological polar surface area (TPSA) is 64.3 Å². The molecule has 4 nitrogen and oxygen atoms in total. The van der Waals surface area contributed by atoms with Crippen molar-refractivity contribution in [2.24, 2.45) is 0 Å². The molecule has 0 saturated heterocycles. The van der Waals surface area contributed by atoms with Crippen LogP contribution in [0.3, 0.4) is 0 Å². The lowest BCUT2D eigenvalue weighted by atomic mass is 10.1. The third-order valence-corrected chi connectivity index (χ3v) is 2.49. The van der Waals surface area contributed by atoms with Crippen LogP contribution in [0, 0.1) is 0 Å². The summed E-state index contributed by atoms with van der Waals surface area (Å²) in [6.07, 6.45) is -5.42. The van der Waals surface area contributed by atoms with Gasteiger partial charge in [-0.3, -0.25) is 4.79 Å². The zero-order valence-corrected chi connectivity index (χ0v) is 11.3. The number of benzene rings is 1. The van der Waals surface area contributed by atoms with E-state index in [1.807, 2.05) is 0 Å². The molecular weight excluding hydrogens is 273 g/mol. The van der Waals surface area contributed by atoms with Gasteiger partial charge in [-0.2, -0.15) is 13.2 Å². The first kappa shape index (κ1) is 16.1. The summed E-state index contributed by atoms with van der Waals surface area (Å²) in [4.78, 5) is 12.0. The van der Waals surface area contributed by atoms with E-state index in [-0.39, 0.29) is 17.0 Å². The zero-order valence-electron chi connectivity index (χ0n) is 11.3. The fraction of sp³-hybridized carbons (Fsp3) is 0.462. The summed E-state index contributed by atoms with van der Waals surface area (Å²) in [5.41, 5.74) is 6.09. The minimum absolute atomic E-state index is 0.126. The third-order valence-electron chi connectivity index (χ3n) is 2.49. The number of hydrogen-bond acceptors (Lipinski definition) is 3. The predicted molar refractivity (Wildman–Crippen MR) is 69.6 cm³/mol. The second-order valence-electron chi connectivity index (χ2n) is 4.35. The Balaban J connectivity index is 2.85. The van der Waals surface area contributed by atoms with Crippen molar-refractivity contribution >= 4 is 11.6 Å². The number of carbonyl (C=O) groups excluding carboxylic acids is 1. The van der Waals surface area contributed by atoms with Crippen LogP contribution in [0.1, 0.15) is 30.6 Å². The van der Waals surface area contributed by atoms with E-state index in [9.17, 15) is 18.0 Å². The van der Waals surface area contributed by atoms with Crippen LogP contribution in [0.25, 0.3) is 0 Å². The molecule has 0 aromatic heterocycles. The summed E-state index contributed by atoms with van der Waals surface area (Å²) in [6, 6.07) is 3.53. The number of para-hydroxylation sites is 1. The molecule has 0 spiro atoms. The van der Waals surface area contributed by atoms with Gasteiger partial charge in [0.15, 0.2) is 5.75 Å². The number of carbonyl (C=O) groups is 1. The maximum atomic E-state index is 12.2. The van der Waals surface area contributed by atoms with Crippen LogP contribution in [-0.2, 0) is 0 Å². The van der Waals surface area contributed by atoms with Crippen molar-refractivity contribution in [3.63, 3.8) is 0 Å². The van der Waals surface area contributed by atoms with Crippen molar-refractivity contribution < 1.29 is 22.7 Å². The van der Waals surface area contributed by atoms with Crippen molar-refractivity contribution in [3.8, 4) is 5.75 Å². The van der Waals surface area contributed by atoms with Gasteiger partial charge in [-0.25, -0.2) is 0 Å². The Morgan fingerprint density at radius 2 is 2.10 bits per heavy atom. The first-order chi connectivity index (χ1) is 9.24. The maximum absolute atomic E-state index is 12.2. The van der Waals surface area contributed by atoms with E-state index in [0.717, 1.165) is 0 Å². The van der Waals surface area contributed by atoms with Gasteiger partial charge in [0, 0.05) is 6.04 Å². The van der Waals surface area contributed by atoms with E-state index in [1.54, 1.807) is 19.1 Å². The molecule has 20 heavy (non-hydrogen) atoms. The second kappa shape index (κ2) is 6.49. The van der Waals surface area contributed by atoms with Gasteiger partial charge in [-0.15, -0.1) is 0 Å². The van der Waals surface area contributed by atoms with E-state index >= 15 is 0 Å². The monoisotopic (exact) mass is 290 g/mol. The van der Waals surface area contributed by atoms with E-state index in [0.29, 0.717) is 6.61 Å². The smallest absolute Gasteiger partial charge is 0.391 e. The number of nitrogens with two attached hydrogens (primary N) is 1. The molecule has 1 amide bonds. The average molecular weight is 290 g/mol. The first-order valence-electron chi connectivity index (χ1n) is 6.13. The molecule has 7 heteroatoms. The number of rotatable bonds is 5. The van der Waals surface area contributed by atoms with Gasteiger partial charge in [-0.05, 0) is 26.0 Å². The second-order valence-corrected chi connectivity index (χ2v) is 4.35. The molecule has 0 aliphatic carbocycles. The van der Waals surface area contributed by atoms with Gasteiger partial charge >= 0.3 is 6.18 Å². The van der Waals surface area contributed by atoms with Crippen molar-refractivity contribution in [1.29, 1.82) is 0 Å². The molecule has 0 aliphatic rings. The molecule has 0 aliphatic heterocycles. The number of nitrogen functional groups attached to an aromatic ring is 1. The largest absolute Gasteiger partial charge is 0.491 e. The van der Waals surface area contributed by atoms with Crippen LogP contribution in [0.5, 0.6) is 5.75 Å². The van der Waals surface area contributed by atoms with Crippen LogP contribution >= 0.6 is 0 Å². The lowest BCUT2D eigenvalue weighted by molar-refractivity contribution is -0.138. The summed E-state index contributed by atoms with van der Waals surface area (Å²) in [7, 11) is 0. The number of alkyl halides is 3. The van der Waals surface area contributed by atoms with Gasteiger partial charge in [0.1, 0.15) is 0 Å². The number of hydrogen-bond donors (Lipinski definition) is 2. The number of halogens is 3. The lowest BCUT2D eigenvalue weighted by Gasteiger charge is -2.17. The Bertz CT molecular complexity index is 475. The molecule has 1 aromatic rings. The molecule has 1 aromatic carbocycles. The van der Waals surface area contributed by atoms with E-state index in [4.69, 9.17) is 10.5 Å². The number of anilines is 1. The van der Waals surface area contributed by atoms with Crippen LogP contribution in [0.2, 0.25) is 0 Å². The van der Waals surface area contributed by atoms with Gasteiger partial charge in [0.25, 0.3) is 5.91 Å². The normalized spacial score (nSPS) is 12.8. The molecule has 3 N–H and O–H groups in total. The van der Waals surface area contributed by atoms with Gasteiger partial charge in [0.05, 0.1) is 24.3 Å². The molecular formula is C13H17F3N2O2. The highest BCUT2D eigenvalue weighted by molar-refractivity contribution is 5.98. The van der Waals surface area contributed by atoms with Crippen molar-refractivity contribution in [1.82, 2.24) is 5.32 Å². The summed E-state index contributed by atoms with van der Waals surface area (Å²) in [5.74, 6) is -0.454. The van der Waals surface area contributed by atoms with E-state index in [1.165, 1.54) is 13.0 Å². The Morgan fingerprint density at radius 3 is 2.65 bits per heavy atom. The van der Waals surface area contributed by atoms with Crippen molar-refractivity contribution in [2.75, 3.05) is 12.3 Å². The fourth-order valence-electron chi connectivity index (χ4n) is 1.74. The molecule has 0 bridgehead atoms. The summed E-state index contributed by atoms with van der Waals surface area (Å²) in [6.45, 7) is 3.31. The average Bonchev–Trinajstić information content (AvgIpc) is 2.29. The standard InChI is InChI=1S/C13H17F3N2O2/c1-3-20-11-9(5-4-6-10(11)17)12(19)18-8(2)7-13(14,15)16/h4-6,8H,3,7,17H2,1-2H3,(H,18,19). The molecule has 1 rings (SSSR count). The number of ether oxygens (including phenoxy) is 1. The van der Waals surface area contributed by atoms with Crippen LogP contribution in [0.4, 0.5) is 18.9 Å². The molecule has 1 atom stereocenters. The van der Waals surface area contributed by atoms with Crippen molar-refractivity contribution in [3.05, 3.63) is 23.8 Å². The van der Waals surface area contributed by atoms with Crippen molar-refractivity contribution in [2.45, 2.75) is 32.5 Å². The van der Waals surface area contributed by atoms with Gasteiger partial charge < -0.3 is 15.8 Å². The van der Waals surface area contributed by atoms with Crippen LogP contribution in [0.15, 0.2) is 18.2 Å². The quantitative estimate of drug-likeness (QED) is 0.820. The van der Waals surface area contributed by atoms with Gasteiger partial charge in [-0.1, -0.05) is 6.07 Å². The van der Waals surface area contributed by atoms with E-state index < -0.39 is 24.5 Å². The predicted octanol–water partition coefficient (Wildman–Crippen LogP) is 2.74. The highest BCUT2D eigenvalue weighted by Crippen LogP contribution is 2.27. The van der Waals surface area contributed by atoms with Crippen LogP contribution < -0.4 is 15.8 Å². The Hall–Kier alpha value is -1.92. The lowest BCUT2D eigenvalue weighted by Crippen LogP contribution is -2.36. The first-order valence-corrected chi connectivity index (χ1v) is 6.13. The van der Waals surface area contributed by atoms with Gasteiger partial charge in [0.2, 0.25) is 0 Å². The number of amides is 1. The van der Waals surface area contributed by atoms with E-state index in [2.05, 4.69) is 5.32 Å². The minimum atomic E-state index is -4.33. The highest BCUT2D eigenvalue weighted by atomic mass is 19.4. The molecule has 112 valence electrons. The maximum Gasteiger partial charge on any atom is 0.391 e. The zero-order chi connectivity index (χ0) is 15.3. The highest BCUT2D eigenvalue weighted by Gasteiger charge is 2.31. The fourth-order valence-corrected chi connectivity index (χ4v) is 1.74.